The molecule has 1 aromatic carbocycles. The van der Waals surface area contributed by atoms with Gasteiger partial charge in [0.1, 0.15) is 10.7 Å². The normalized spacial score (nSPS) is 14.0. The molecular weight excluding hydrogens is 337 g/mol. The Hall–Kier alpha value is -1.52. The van der Waals surface area contributed by atoms with Crippen molar-refractivity contribution in [3.63, 3.8) is 0 Å². The highest BCUT2D eigenvalue weighted by atomic mass is 32.2. The molecule has 1 atom stereocenters. The first-order valence-corrected chi connectivity index (χ1v) is 9.39. The average Bonchev–Trinajstić information content (AvgIpc) is 2.36. The summed E-state index contributed by atoms with van der Waals surface area (Å²) in [6.45, 7) is 1.04. The molecule has 1 rings (SSSR count). The number of sulfone groups is 1. The zero-order valence-corrected chi connectivity index (χ0v) is 13.8. The number of carboxylic acids is 1. The van der Waals surface area contributed by atoms with E-state index in [0.717, 1.165) is 29.7 Å². The van der Waals surface area contributed by atoms with E-state index in [4.69, 9.17) is 5.11 Å². The van der Waals surface area contributed by atoms with Crippen LogP contribution in [-0.4, -0.2) is 52.1 Å². The second-order valence-electron chi connectivity index (χ2n) is 4.89. The van der Waals surface area contributed by atoms with Gasteiger partial charge in [-0.2, -0.15) is 0 Å². The molecule has 1 aromatic rings. The van der Waals surface area contributed by atoms with E-state index in [1.807, 2.05) is 0 Å². The lowest BCUT2D eigenvalue weighted by atomic mass is 10.2. The molecule has 0 aliphatic heterocycles. The lowest BCUT2D eigenvalue weighted by Gasteiger charge is -2.19. The number of hydrogen-bond donors (Lipinski definition) is 1. The molecule has 0 heterocycles. The highest BCUT2D eigenvalue weighted by Crippen LogP contribution is 2.21. The Bertz CT molecular complexity index is 788. The third kappa shape index (κ3) is 4.02. The van der Waals surface area contributed by atoms with E-state index < -0.39 is 47.4 Å². The fourth-order valence-corrected chi connectivity index (χ4v) is 3.69. The molecule has 10 heteroatoms. The standard InChI is InChI=1S/C12H16FNO6S2/c1-8(12(15)16)7-14(2)22(19,20)9-4-5-11(10(13)6-9)21(3,17)18/h4-6,8H,7H2,1-3H3,(H,15,16). The van der Waals surface area contributed by atoms with Crippen LogP contribution in [0, 0.1) is 11.7 Å². The van der Waals surface area contributed by atoms with Crippen LogP contribution in [0.25, 0.3) is 0 Å². The van der Waals surface area contributed by atoms with Crippen molar-refractivity contribution in [2.24, 2.45) is 5.92 Å². The molecule has 0 bridgehead atoms. The maximum absolute atomic E-state index is 13.8. The van der Waals surface area contributed by atoms with Crippen LogP contribution in [-0.2, 0) is 24.7 Å². The number of sulfonamides is 1. The van der Waals surface area contributed by atoms with Crippen molar-refractivity contribution in [2.45, 2.75) is 16.7 Å². The molecule has 0 aliphatic carbocycles. The van der Waals surface area contributed by atoms with Crippen LogP contribution in [0.1, 0.15) is 6.92 Å². The molecule has 0 fully saturated rings. The summed E-state index contributed by atoms with van der Waals surface area (Å²) in [5, 5.41) is 8.79. The number of nitrogens with zero attached hydrogens (tertiary/aromatic N) is 1. The van der Waals surface area contributed by atoms with Gasteiger partial charge in [-0.3, -0.25) is 4.79 Å². The number of carbonyl (C=O) groups is 1. The summed E-state index contributed by atoms with van der Waals surface area (Å²) < 4.78 is 61.6. The van der Waals surface area contributed by atoms with Gasteiger partial charge in [0.05, 0.1) is 10.8 Å². The molecule has 0 amide bonds. The maximum Gasteiger partial charge on any atom is 0.307 e. The summed E-state index contributed by atoms with van der Waals surface area (Å²) in [7, 11) is -6.76. The van der Waals surface area contributed by atoms with Crippen LogP contribution in [0.4, 0.5) is 4.39 Å². The molecule has 1 unspecified atom stereocenters. The molecule has 0 saturated carbocycles. The van der Waals surface area contributed by atoms with Gasteiger partial charge in [-0.25, -0.2) is 25.5 Å². The number of rotatable bonds is 6. The van der Waals surface area contributed by atoms with E-state index >= 15 is 0 Å². The summed E-state index contributed by atoms with van der Waals surface area (Å²) in [5.41, 5.74) is 0. The van der Waals surface area contributed by atoms with Gasteiger partial charge in [-0.15, -0.1) is 0 Å². The Labute approximate surface area is 128 Å². The Morgan fingerprint density at radius 1 is 1.32 bits per heavy atom. The minimum Gasteiger partial charge on any atom is -0.481 e. The van der Waals surface area contributed by atoms with Crippen molar-refractivity contribution in [3.05, 3.63) is 24.0 Å². The van der Waals surface area contributed by atoms with Crippen LogP contribution in [0.2, 0.25) is 0 Å². The lowest BCUT2D eigenvalue weighted by molar-refractivity contribution is -0.141. The maximum atomic E-state index is 13.8. The van der Waals surface area contributed by atoms with Gasteiger partial charge >= 0.3 is 5.97 Å². The van der Waals surface area contributed by atoms with Crippen LogP contribution in [0.3, 0.4) is 0 Å². The quantitative estimate of drug-likeness (QED) is 0.801. The molecule has 0 radical (unpaired) electrons. The molecule has 7 nitrogen and oxygen atoms in total. The van der Waals surface area contributed by atoms with Crippen LogP contribution in [0.15, 0.2) is 28.0 Å². The van der Waals surface area contributed by atoms with Crippen LogP contribution >= 0.6 is 0 Å². The Morgan fingerprint density at radius 3 is 2.27 bits per heavy atom. The fourth-order valence-electron chi connectivity index (χ4n) is 1.68. The van der Waals surface area contributed by atoms with E-state index in [1.165, 1.54) is 6.92 Å². The smallest absolute Gasteiger partial charge is 0.307 e. The summed E-state index contributed by atoms with van der Waals surface area (Å²) in [5.74, 6) is -3.29. The van der Waals surface area contributed by atoms with Gasteiger partial charge in [0, 0.05) is 19.8 Å². The van der Waals surface area contributed by atoms with E-state index in [9.17, 15) is 26.0 Å². The molecule has 22 heavy (non-hydrogen) atoms. The monoisotopic (exact) mass is 353 g/mol. The number of carboxylic acid groups (broad SMARTS) is 1. The number of halogens is 1. The molecule has 0 saturated heterocycles. The van der Waals surface area contributed by atoms with Crippen LogP contribution < -0.4 is 0 Å². The SMILES string of the molecule is CC(CN(C)S(=O)(=O)c1ccc(S(C)(=O)=O)c(F)c1)C(=O)O. The predicted molar refractivity (Wildman–Crippen MR) is 76.1 cm³/mol. The largest absolute Gasteiger partial charge is 0.481 e. The third-order valence-electron chi connectivity index (χ3n) is 2.96. The van der Waals surface area contributed by atoms with Gasteiger partial charge in [-0.1, -0.05) is 6.92 Å². The number of hydrogen-bond acceptors (Lipinski definition) is 5. The zero-order valence-electron chi connectivity index (χ0n) is 12.1. The lowest BCUT2D eigenvalue weighted by Crippen LogP contribution is -2.33. The molecule has 1 N–H and O–H groups in total. The summed E-state index contributed by atoms with van der Waals surface area (Å²) in [6.07, 6.45) is 0.806. The topological polar surface area (TPSA) is 109 Å². The Kier molecular flexibility index (Phi) is 5.31. The average molecular weight is 353 g/mol. The Balaban J connectivity index is 3.19. The van der Waals surface area contributed by atoms with E-state index in [2.05, 4.69) is 0 Å². The van der Waals surface area contributed by atoms with Gasteiger partial charge in [0.15, 0.2) is 9.84 Å². The van der Waals surface area contributed by atoms with E-state index in [0.29, 0.717) is 6.07 Å². The third-order valence-corrected chi connectivity index (χ3v) is 5.91. The van der Waals surface area contributed by atoms with Gasteiger partial charge in [0.2, 0.25) is 10.0 Å². The minimum absolute atomic E-state index is 0.298. The first-order valence-electron chi connectivity index (χ1n) is 6.06. The molecule has 0 spiro atoms. The zero-order chi connectivity index (χ0) is 17.3. The summed E-state index contributed by atoms with van der Waals surface area (Å²) in [6, 6.07) is 2.44. The first kappa shape index (κ1) is 18.5. The molecule has 0 aromatic heterocycles. The first-order chi connectivity index (χ1) is 9.87. The van der Waals surface area contributed by atoms with Crippen molar-refractivity contribution in [3.8, 4) is 0 Å². The second-order valence-corrected chi connectivity index (χ2v) is 8.92. The predicted octanol–water partition coefficient (Wildman–Crippen LogP) is 0.570. The Morgan fingerprint density at radius 2 is 1.86 bits per heavy atom. The van der Waals surface area contributed by atoms with Crippen molar-refractivity contribution in [2.75, 3.05) is 19.8 Å². The van der Waals surface area contributed by atoms with Crippen molar-refractivity contribution >= 4 is 25.8 Å². The highest BCUT2D eigenvalue weighted by molar-refractivity contribution is 7.90. The van der Waals surface area contributed by atoms with Gasteiger partial charge < -0.3 is 5.11 Å². The number of aliphatic carboxylic acids is 1. The highest BCUT2D eigenvalue weighted by Gasteiger charge is 2.26. The van der Waals surface area contributed by atoms with Crippen LogP contribution in [0.5, 0.6) is 0 Å². The van der Waals surface area contributed by atoms with Crippen molar-refractivity contribution < 1.29 is 31.1 Å². The van der Waals surface area contributed by atoms with Gasteiger partial charge in [-0.05, 0) is 18.2 Å². The summed E-state index contributed by atoms with van der Waals surface area (Å²) in [4.78, 5) is 9.71. The minimum atomic E-state index is -4.12. The molecule has 0 aliphatic rings. The van der Waals surface area contributed by atoms with Crippen molar-refractivity contribution in [1.82, 2.24) is 4.31 Å². The number of benzene rings is 1. The fraction of sp³-hybridized carbons (Fsp3) is 0.417. The van der Waals surface area contributed by atoms with E-state index in [1.54, 1.807) is 0 Å². The van der Waals surface area contributed by atoms with Crippen molar-refractivity contribution in [1.29, 1.82) is 0 Å². The molecular formula is C12H16FNO6S2. The molecule has 124 valence electrons. The summed E-state index contributed by atoms with van der Waals surface area (Å²) >= 11 is 0. The van der Waals surface area contributed by atoms with Gasteiger partial charge in [0.25, 0.3) is 0 Å². The van der Waals surface area contributed by atoms with E-state index in [-0.39, 0.29) is 6.54 Å². The second kappa shape index (κ2) is 6.31.